The van der Waals surface area contributed by atoms with Crippen molar-refractivity contribution >= 4 is 28.5 Å². The van der Waals surface area contributed by atoms with Crippen molar-refractivity contribution in [1.82, 2.24) is 9.88 Å². The van der Waals surface area contributed by atoms with Crippen molar-refractivity contribution in [3.8, 4) is 0 Å². The lowest BCUT2D eigenvalue weighted by atomic mass is 9.89. The number of hydrogen-bond donors (Lipinski definition) is 3. The number of hydrogen-bond acceptors (Lipinski definition) is 5. The van der Waals surface area contributed by atoms with Gasteiger partial charge in [-0.05, 0) is 57.3 Å². The van der Waals surface area contributed by atoms with Gasteiger partial charge in [-0.2, -0.15) is 0 Å². The summed E-state index contributed by atoms with van der Waals surface area (Å²) in [5, 5.41) is 27.6. The molecule has 1 aliphatic heterocycles. The number of likely N-dealkylation sites (tertiary alicyclic amines) is 1. The fourth-order valence-electron chi connectivity index (χ4n) is 3.46. The largest absolute Gasteiger partial charge is 0.478 e. The van der Waals surface area contributed by atoms with Gasteiger partial charge in [0.25, 0.3) is 5.69 Å². The van der Waals surface area contributed by atoms with Crippen LogP contribution in [0, 0.1) is 10.1 Å². The van der Waals surface area contributed by atoms with Crippen molar-refractivity contribution < 1.29 is 24.7 Å². The molecule has 2 aromatic rings. The SMILES string of the molecule is CC(C)N1CCC(c2c[nH]c3cc([N+](=O)[O-])ccc23)CC1.O=C(O)/C=C\C(=O)O. The number of rotatable bonds is 5. The van der Waals surface area contributed by atoms with E-state index in [0.717, 1.165) is 36.8 Å². The molecular weight excluding hydrogens is 378 g/mol. The molecule has 9 heteroatoms. The van der Waals surface area contributed by atoms with Gasteiger partial charge in [0.2, 0.25) is 0 Å². The third-order valence-electron chi connectivity index (χ3n) is 4.98. The Morgan fingerprint density at radius 1 is 1.21 bits per heavy atom. The van der Waals surface area contributed by atoms with Crippen LogP contribution in [0.1, 0.15) is 38.2 Å². The van der Waals surface area contributed by atoms with E-state index in [9.17, 15) is 19.7 Å². The zero-order valence-electron chi connectivity index (χ0n) is 16.4. The van der Waals surface area contributed by atoms with Gasteiger partial charge in [-0.15, -0.1) is 0 Å². The Bertz CT molecular complexity index is 894. The molecule has 1 aromatic carbocycles. The molecule has 0 amide bonds. The van der Waals surface area contributed by atoms with Crippen LogP contribution in [0.15, 0.2) is 36.5 Å². The van der Waals surface area contributed by atoms with Crippen LogP contribution in [0.25, 0.3) is 10.9 Å². The Morgan fingerprint density at radius 3 is 2.28 bits per heavy atom. The van der Waals surface area contributed by atoms with Crippen LogP contribution in [-0.4, -0.2) is 56.1 Å². The van der Waals surface area contributed by atoms with Crippen LogP contribution < -0.4 is 0 Å². The van der Waals surface area contributed by atoms with E-state index in [2.05, 4.69) is 23.7 Å². The third kappa shape index (κ3) is 6.15. The van der Waals surface area contributed by atoms with Gasteiger partial charge < -0.3 is 20.1 Å². The number of aliphatic carboxylic acids is 2. The maximum atomic E-state index is 10.8. The minimum Gasteiger partial charge on any atom is -0.478 e. The Balaban J connectivity index is 0.000000321. The van der Waals surface area contributed by atoms with Gasteiger partial charge in [0.15, 0.2) is 0 Å². The van der Waals surface area contributed by atoms with Crippen molar-refractivity contribution in [2.45, 2.75) is 38.6 Å². The van der Waals surface area contributed by atoms with Crippen molar-refractivity contribution in [2.75, 3.05) is 13.1 Å². The molecule has 0 saturated carbocycles. The molecule has 0 bridgehead atoms. The van der Waals surface area contributed by atoms with Crippen molar-refractivity contribution in [2.24, 2.45) is 0 Å². The van der Waals surface area contributed by atoms with Gasteiger partial charge >= 0.3 is 11.9 Å². The van der Waals surface area contributed by atoms with E-state index >= 15 is 0 Å². The number of aromatic nitrogens is 1. The first kappa shape index (κ1) is 22.1. The van der Waals surface area contributed by atoms with Gasteiger partial charge in [0.05, 0.1) is 10.4 Å². The first-order valence-corrected chi connectivity index (χ1v) is 9.32. The highest BCUT2D eigenvalue weighted by Gasteiger charge is 2.24. The Morgan fingerprint density at radius 2 is 1.79 bits per heavy atom. The van der Waals surface area contributed by atoms with Gasteiger partial charge in [0.1, 0.15) is 0 Å². The molecule has 0 spiro atoms. The van der Waals surface area contributed by atoms with Gasteiger partial charge in [-0.1, -0.05) is 0 Å². The number of carbonyl (C=O) groups is 2. The van der Waals surface area contributed by atoms with E-state index in [-0.39, 0.29) is 10.6 Å². The molecule has 156 valence electrons. The van der Waals surface area contributed by atoms with Gasteiger partial charge in [0, 0.05) is 41.9 Å². The first-order chi connectivity index (χ1) is 13.7. The fraction of sp³-hybridized carbons (Fsp3) is 0.400. The smallest absolute Gasteiger partial charge is 0.328 e. The molecule has 1 aromatic heterocycles. The number of benzene rings is 1. The molecule has 3 N–H and O–H groups in total. The van der Waals surface area contributed by atoms with Crippen molar-refractivity contribution in [1.29, 1.82) is 0 Å². The van der Waals surface area contributed by atoms with Crippen LogP contribution >= 0.6 is 0 Å². The van der Waals surface area contributed by atoms with Crippen molar-refractivity contribution in [3.63, 3.8) is 0 Å². The third-order valence-corrected chi connectivity index (χ3v) is 4.98. The number of nitrogens with one attached hydrogen (secondary N) is 1. The summed E-state index contributed by atoms with van der Waals surface area (Å²) in [6, 6.07) is 5.72. The predicted octanol–water partition coefficient (Wildman–Crippen LogP) is 3.38. The molecule has 0 unspecified atom stereocenters. The standard InChI is InChI=1S/C16H21N3O2.C4H4O4/c1-11(2)18-7-5-12(6-8-18)15-10-17-16-9-13(19(20)21)3-4-14(15)16;5-3(6)1-2-4(7)8/h3-4,9-12,17H,5-8H2,1-2H3;1-2H,(H,5,6)(H,7,8)/b;2-1-. The van der Waals surface area contributed by atoms with Gasteiger partial charge in [-0.25, -0.2) is 9.59 Å². The summed E-state index contributed by atoms with van der Waals surface area (Å²) in [7, 11) is 0. The first-order valence-electron chi connectivity index (χ1n) is 9.32. The second-order valence-corrected chi connectivity index (χ2v) is 7.14. The molecule has 1 saturated heterocycles. The molecule has 1 fully saturated rings. The number of piperidine rings is 1. The number of aromatic amines is 1. The van der Waals surface area contributed by atoms with E-state index in [1.54, 1.807) is 12.1 Å². The fourth-order valence-corrected chi connectivity index (χ4v) is 3.46. The summed E-state index contributed by atoms with van der Waals surface area (Å²) < 4.78 is 0. The zero-order chi connectivity index (χ0) is 21.6. The number of nitrogens with zero attached hydrogens (tertiary/aromatic N) is 2. The number of fused-ring (bicyclic) bond motifs is 1. The molecule has 1 aliphatic rings. The molecule has 9 nitrogen and oxygen atoms in total. The predicted molar refractivity (Wildman–Crippen MR) is 108 cm³/mol. The average Bonchev–Trinajstić information content (AvgIpc) is 3.10. The summed E-state index contributed by atoms with van der Waals surface area (Å²) in [6.45, 7) is 6.74. The van der Waals surface area contributed by atoms with Crippen LogP contribution in [-0.2, 0) is 9.59 Å². The van der Waals surface area contributed by atoms with Crippen LogP contribution in [0.3, 0.4) is 0 Å². The number of H-pyrrole nitrogens is 1. The van der Waals surface area contributed by atoms with Crippen LogP contribution in [0.4, 0.5) is 5.69 Å². The summed E-state index contributed by atoms with van der Waals surface area (Å²) in [6.07, 6.45) is 5.46. The number of nitro benzene ring substituents is 1. The monoisotopic (exact) mass is 403 g/mol. The molecule has 3 rings (SSSR count). The number of non-ortho nitro benzene ring substituents is 1. The molecule has 0 radical (unpaired) electrons. The molecule has 29 heavy (non-hydrogen) atoms. The highest BCUT2D eigenvalue weighted by atomic mass is 16.6. The minimum atomic E-state index is -1.26. The average molecular weight is 403 g/mol. The minimum absolute atomic E-state index is 0.144. The topological polar surface area (TPSA) is 137 Å². The summed E-state index contributed by atoms with van der Waals surface area (Å²) in [5.41, 5.74) is 2.32. The highest BCUT2D eigenvalue weighted by molar-refractivity contribution is 5.89. The summed E-state index contributed by atoms with van der Waals surface area (Å²) in [5.74, 6) is -1.96. The zero-order valence-corrected chi connectivity index (χ0v) is 16.4. The number of carboxylic acids is 2. The maximum Gasteiger partial charge on any atom is 0.328 e. The van der Waals surface area contributed by atoms with Crippen molar-refractivity contribution in [3.05, 3.63) is 52.2 Å². The molecular formula is C20H25N3O6. The Hall–Kier alpha value is -3.20. The molecule has 0 aliphatic carbocycles. The van der Waals surface area contributed by atoms with Gasteiger partial charge in [-0.3, -0.25) is 10.1 Å². The second kappa shape index (κ2) is 9.83. The summed E-state index contributed by atoms with van der Waals surface area (Å²) >= 11 is 0. The lowest BCUT2D eigenvalue weighted by molar-refractivity contribution is -0.384. The Labute approximate surface area is 167 Å². The highest BCUT2D eigenvalue weighted by Crippen LogP contribution is 2.34. The normalized spacial score (nSPS) is 15.4. The van der Waals surface area contributed by atoms with E-state index in [1.165, 1.54) is 5.56 Å². The van der Waals surface area contributed by atoms with E-state index in [0.29, 0.717) is 24.1 Å². The van der Waals surface area contributed by atoms with E-state index in [1.807, 2.05) is 12.3 Å². The quantitative estimate of drug-likeness (QED) is 0.395. The van der Waals surface area contributed by atoms with E-state index < -0.39 is 11.9 Å². The molecule has 2 heterocycles. The van der Waals surface area contributed by atoms with Crippen LogP contribution in [0.5, 0.6) is 0 Å². The molecule has 0 atom stereocenters. The van der Waals surface area contributed by atoms with Crippen LogP contribution in [0.2, 0.25) is 0 Å². The number of carboxylic acid groups (broad SMARTS) is 2. The van der Waals surface area contributed by atoms with E-state index in [4.69, 9.17) is 10.2 Å². The summed E-state index contributed by atoms with van der Waals surface area (Å²) in [4.78, 5) is 35.3. The Kier molecular flexibility index (Phi) is 7.49. The second-order valence-electron chi connectivity index (χ2n) is 7.14. The lowest BCUT2D eigenvalue weighted by Crippen LogP contribution is -2.37. The lowest BCUT2D eigenvalue weighted by Gasteiger charge is -2.34. The maximum absolute atomic E-state index is 10.8. The number of nitro groups is 1.